The first-order valence-corrected chi connectivity index (χ1v) is 10.4. The topological polar surface area (TPSA) is 82.2 Å². The van der Waals surface area contributed by atoms with Crippen LogP contribution in [0, 0.1) is 5.82 Å². The Hall–Kier alpha value is -1.75. The molecule has 2 atom stereocenters. The molecule has 0 bridgehead atoms. The Morgan fingerprint density at radius 2 is 1.67 bits per heavy atom. The van der Waals surface area contributed by atoms with E-state index in [-0.39, 0.29) is 44.1 Å². The molecule has 1 aromatic rings. The van der Waals surface area contributed by atoms with Crippen LogP contribution in [0.3, 0.4) is 0 Å². The van der Waals surface area contributed by atoms with Gasteiger partial charge in [-0.3, -0.25) is 0 Å². The summed E-state index contributed by atoms with van der Waals surface area (Å²) < 4.78 is 47.8. The van der Waals surface area contributed by atoms with Crippen LogP contribution in [0.5, 0.6) is 0 Å². The maximum atomic E-state index is 13.7. The van der Waals surface area contributed by atoms with Gasteiger partial charge in [0.1, 0.15) is 5.82 Å². The third-order valence-corrected chi connectivity index (χ3v) is 6.65. The minimum absolute atomic E-state index is 0.105. The molecule has 2 heterocycles. The van der Waals surface area contributed by atoms with Crippen LogP contribution in [0.15, 0.2) is 24.3 Å². The van der Waals surface area contributed by atoms with Gasteiger partial charge in [-0.2, -0.15) is 17.0 Å². The highest BCUT2D eigenvalue weighted by atomic mass is 32.2. The predicted molar refractivity (Wildman–Crippen MR) is 99.1 cm³/mol. The summed E-state index contributed by atoms with van der Waals surface area (Å²) in [5.74, 6) is -0.511. The van der Waals surface area contributed by atoms with Gasteiger partial charge in [-0.25, -0.2) is 9.18 Å². The lowest BCUT2D eigenvalue weighted by Gasteiger charge is -2.40. The lowest BCUT2D eigenvalue weighted by Crippen LogP contribution is -2.58. The number of rotatable bonds is 3. The fourth-order valence-electron chi connectivity index (χ4n) is 3.36. The second-order valence-corrected chi connectivity index (χ2v) is 8.81. The van der Waals surface area contributed by atoms with Gasteiger partial charge in [0.2, 0.25) is 0 Å². The van der Waals surface area contributed by atoms with Crippen LogP contribution in [0.2, 0.25) is 0 Å². The summed E-state index contributed by atoms with van der Waals surface area (Å²) in [6.45, 7) is 5.23. The van der Waals surface area contributed by atoms with Crippen molar-refractivity contribution in [1.29, 1.82) is 0 Å². The number of carbonyl (C=O) groups is 1. The van der Waals surface area contributed by atoms with Crippen LogP contribution in [-0.4, -0.2) is 79.4 Å². The van der Waals surface area contributed by atoms with Crippen molar-refractivity contribution in [2.24, 2.45) is 0 Å². The van der Waals surface area contributed by atoms with Gasteiger partial charge in [-0.05, 0) is 26.0 Å². The molecule has 0 aromatic heterocycles. The molecule has 1 aromatic carbocycles. The number of morpholine rings is 1. The van der Waals surface area contributed by atoms with Crippen molar-refractivity contribution in [3.63, 3.8) is 0 Å². The molecular weight excluding hydrogens is 375 g/mol. The molecule has 2 aliphatic rings. The second-order valence-electron chi connectivity index (χ2n) is 6.88. The number of benzene rings is 1. The molecular formula is C17H25FN4O4S. The number of nitrogens with zero attached hydrogens (tertiary/aromatic N) is 3. The Bertz CT molecular complexity index is 773. The molecule has 0 spiro atoms. The van der Waals surface area contributed by atoms with Gasteiger partial charge in [0.05, 0.1) is 17.9 Å². The highest BCUT2D eigenvalue weighted by molar-refractivity contribution is 7.86. The van der Waals surface area contributed by atoms with Crippen LogP contribution >= 0.6 is 0 Å². The maximum Gasteiger partial charge on any atom is 0.322 e. The summed E-state index contributed by atoms with van der Waals surface area (Å²) in [5, 5.41) is 2.53. The summed E-state index contributed by atoms with van der Waals surface area (Å²) in [5.41, 5.74) is 0.105. The Kier molecular flexibility index (Phi) is 5.99. The molecule has 27 heavy (non-hydrogen) atoms. The average molecular weight is 400 g/mol. The zero-order valence-electron chi connectivity index (χ0n) is 15.5. The molecule has 2 fully saturated rings. The molecule has 150 valence electrons. The fraction of sp³-hybridized carbons (Fsp3) is 0.588. The molecule has 8 nitrogen and oxygen atoms in total. The number of hydrogen-bond donors (Lipinski definition) is 1. The lowest BCUT2D eigenvalue weighted by molar-refractivity contribution is -0.0456. The minimum Gasteiger partial charge on any atom is -0.373 e. The summed E-state index contributed by atoms with van der Waals surface area (Å²) in [6.07, 6.45) is -0.312. The number of piperazine rings is 1. The van der Waals surface area contributed by atoms with Crippen molar-refractivity contribution in [1.82, 2.24) is 13.5 Å². The zero-order chi connectivity index (χ0) is 19.6. The molecule has 0 saturated carbocycles. The van der Waals surface area contributed by atoms with E-state index in [0.29, 0.717) is 13.1 Å². The molecule has 10 heteroatoms. The molecule has 0 unspecified atom stereocenters. The van der Waals surface area contributed by atoms with Crippen molar-refractivity contribution in [2.45, 2.75) is 26.1 Å². The van der Waals surface area contributed by atoms with E-state index in [0.717, 1.165) is 0 Å². The maximum absolute atomic E-state index is 13.7. The third-order valence-electron chi connectivity index (χ3n) is 4.68. The fourth-order valence-corrected chi connectivity index (χ4v) is 5.11. The number of nitrogens with one attached hydrogen (secondary N) is 1. The van der Waals surface area contributed by atoms with E-state index in [1.54, 1.807) is 12.1 Å². The Morgan fingerprint density at radius 3 is 2.26 bits per heavy atom. The van der Waals surface area contributed by atoms with Crippen molar-refractivity contribution < 1.29 is 22.3 Å². The number of anilines is 1. The number of urea groups is 1. The van der Waals surface area contributed by atoms with E-state index in [9.17, 15) is 17.6 Å². The molecule has 2 amide bonds. The minimum atomic E-state index is -3.60. The van der Waals surface area contributed by atoms with Crippen molar-refractivity contribution in [2.75, 3.05) is 44.6 Å². The number of para-hydroxylation sites is 1. The van der Waals surface area contributed by atoms with Gasteiger partial charge < -0.3 is 15.0 Å². The van der Waals surface area contributed by atoms with Gasteiger partial charge in [0.25, 0.3) is 10.2 Å². The molecule has 1 N–H and O–H groups in total. The number of carbonyl (C=O) groups excluding carboxylic acids is 1. The summed E-state index contributed by atoms with van der Waals surface area (Å²) in [6, 6.07) is 5.49. The molecule has 2 aliphatic heterocycles. The number of hydrogen-bond acceptors (Lipinski definition) is 4. The largest absolute Gasteiger partial charge is 0.373 e. The molecule has 2 saturated heterocycles. The number of amides is 2. The quantitative estimate of drug-likeness (QED) is 0.830. The van der Waals surface area contributed by atoms with E-state index in [1.807, 2.05) is 13.8 Å². The number of halogens is 1. The normalized spacial score (nSPS) is 25.4. The first kappa shape index (κ1) is 20.0. The van der Waals surface area contributed by atoms with Crippen LogP contribution in [-0.2, 0) is 14.9 Å². The first-order valence-electron chi connectivity index (χ1n) is 8.98. The van der Waals surface area contributed by atoms with Crippen LogP contribution in [0.4, 0.5) is 14.9 Å². The second kappa shape index (κ2) is 8.09. The lowest BCUT2D eigenvalue weighted by atomic mass is 10.3. The van der Waals surface area contributed by atoms with Crippen LogP contribution in [0.1, 0.15) is 13.8 Å². The Labute approximate surface area is 159 Å². The zero-order valence-corrected chi connectivity index (χ0v) is 16.3. The standard InChI is InChI=1S/C17H25FN4O4S/c1-13-11-22(12-14(2)26-13)27(24,25)21-9-7-20(8-10-21)17(23)19-16-6-4-3-5-15(16)18/h3-6,13-14H,7-12H2,1-2H3,(H,19,23)/t13-,14-/m0/s1. The monoisotopic (exact) mass is 400 g/mol. The summed E-state index contributed by atoms with van der Waals surface area (Å²) in [4.78, 5) is 13.8. The van der Waals surface area contributed by atoms with E-state index in [1.165, 1.54) is 25.6 Å². The van der Waals surface area contributed by atoms with E-state index >= 15 is 0 Å². The van der Waals surface area contributed by atoms with E-state index in [2.05, 4.69) is 5.32 Å². The van der Waals surface area contributed by atoms with Gasteiger partial charge in [0.15, 0.2) is 0 Å². The first-order chi connectivity index (χ1) is 12.8. The van der Waals surface area contributed by atoms with Gasteiger partial charge >= 0.3 is 6.03 Å². The van der Waals surface area contributed by atoms with Crippen molar-refractivity contribution in [3.8, 4) is 0 Å². The molecule has 0 aliphatic carbocycles. The van der Waals surface area contributed by atoms with E-state index < -0.39 is 22.1 Å². The Balaban J connectivity index is 1.58. The Morgan fingerprint density at radius 1 is 1.07 bits per heavy atom. The van der Waals surface area contributed by atoms with Gasteiger partial charge in [0, 0.05) is 39.3 Å². The van der Waals surface area contributed by atoms with Crippen molar-refractivity contribution in [3.05, 3.63) is 30.1 Å². The highest BCUT2D eigenvalue weighted by Crippen LogP contribution is 2.19. The SMILES string of the molecule is C[C@H]1CN(S(=O)(=O)N2CCN(C(=O)Nc3ccccc3F)CC2)C[C@H](C)O1. The smallest absolute Gasteiger partial charge is 0.322 e. The van der Waals surface area contributed by atoms with Crippen LogP contribution < -0.4 is 5.32 Å². The molecule has 3 rings (SSSR count). The average Bonchev–Trinajstić information content (AvgIpc) is 2.63. The van der Waals surface area contributed by atoms with Crippen LogP contribution in [0.25, 0.3) is 0 Å². The highest BCUT2D eigenvalue weighted by Gasteiger charge is 2.37. The summed E-state index contributed by atoms with van der Waals surface area (Å²) >= 11 is 0. The molecule has 0 radical (unpaired) electrons. The van der Waals surface area contributed by atoms with Gasteiger partial charge in [-0.15, -0.1) is 0 Å². The van der Waals surface area contributed by atoms with Gasteiger partial charge in [-0.1, -0.05) is 12.1 Å². The number of ether oxygens (including phenoxy) is 1. The predicted octanol–water partition coefficient (Wildman–Crippen LogP) is 1.33. The summed E-state index contributed by atoms with van der Waals surface area (Å²) in [7, 11) is -3.60. The van der Waals surface area contributed by atoms with E-state index in [4.69, 9.17) is 4.74 Å². The van der Waals surface area contributed by atoms with Crippen molar-refractivity contribution >= 4 is 21.9 Å². The third kappa shape index (κ3) is 4.57.